The summed E-state index contributed by atoms with van der Waals surface area (Å²) in [5, 5.41) is 19.6. The third-order valence-electron chi connectivity index (χ3n) is 2.02. The van der Waals surface area contributed by atoms with Gasteiger partial charge in [-0.2, -0.15) is 0 Å². The fraction of sp³-hybridized carbons (Fsp3) is 0.100. The summed E-state index contributed by atoms with van der Waals surface area (Å²) in [7, 11) is 0. The van der Waals surface area contributed by atoms with E-state index in [1.54, 1.807) is 12.1 Å². The summed E-state index contributed by atoms with van der Waals surface area (Å²) in [5.41, 5.74) is 2.22. The Morgan fingerprint density at radius 3 is 2.62 bits per heavy atom. The van der Waals surface area contributed by atoms with Crippen LogP contribution in [0.2, 0.25) is 0 Å². The molecule has 6 nitrogen and oxygen atoms in total. The second-order valence-corrected chi connectivity index (χ2v) is 3.19. The van der Waals surface area contributed by atoms with Gasteiger partial charge in [0.05, 0.1) is 29.5 Å². The molecule has 6 heteroatoms. The van der Waals surface area contributed by atoms with E-state index < -0.39 is 6.09 Å². The molecule has 82 valence electrons. The van der Waals surface area contributed by atoms with E-state index in [9.17, 15) is 4.79 Å². The van der Waals surface area contributed by atoms with Gasteiger partial charge in [-0.3, -0.25) is 15.3 Å². The molecule has 0 fully saturated rings. The minimum Gasteiger partial charge on any atom is -0.465 e. The van der Waals surface area contributed by atoms with Gasteiger partial charge in [-0.1, -0.05) is 0 Å². The Morgan fingerprint density at radius 1 is 1.25 bits per heavy atom. The van der Waals surface area contributed by atoms with Gasteiger partial charge in [0, 0.05) is 6.20 Å². The third-order valence-corrected chi connectivity index (χ3v) is 2.02. The number of hydrogen-bond acceptors (Lipinski definition) is 4. The molecule has 0 aliphatic heterocycles. The normalized spacial score (nSPS) is 10.3. The van der Waals surface area contributed by atoms with Crippen molar-refractivity contribution in [2.75, 3.05) is 5.32 Å². The molecule has 0 radical (unpaired) electrons. The van der Waals surface area contributed by atoms with Crippen LogP contribution in [0, 0.1) is 0 Å². The van der Waals surface area contributed by atoms with Crippen molar-refractivity contribution in [1.82, 2.24) is 9.97 Å². The molecule has 16 heavy (non-hydrogen) atoms. The van der Waals surface area contributed by atoms with Gasteiger partial charge in [0.1, 0.15) is 0 Å². The van der Waals surface area contributed by atoms with Crippen LogP contribution in [-0.2, 0) is 6.61 Å². The van der Waals surface area contributed by atoms with Crippen LogP contribution in [0.3, 0.4) is 0 Å². The van der Waals surface area contributed by atoms with Crippen molar-refractivity contribution in [2.24, 2.45) is 0 Å². The van der Waals surface area contributed by atoms with E-state index in [-0.39, 0.29) is 6.61 Å². The van der Waals surface area contributed by atoms with E-state index in [1.165, 1.54) is 12.4 Å². The molecular weight excluding hydrogens is 210 g/mol. The number of nitrogens with zero attached hydrogens (tertiary/aromatic N) is 2. The van der Waals surface area contributed by atoms with Crippen molar-refractivity contribution in [3.05, 3.63) is 30.1 Å². The van der Waals surface area contributed by atoms with Gasteiger partial charge in [-0.25, -0.2) is 4.79 Å². The zero-order valence-electron chi connectivity index (χ0n) is 8.21. The molecule has 2 heterocycles. The Morgan fingerprint density at radius 2 is 1.94 bits per heavy atom. The fourth-order valence-corrected chi connectivity index (χ4v) is 1.32. The van der Waals surface area contributed by atoms with Crippen molar-refractivity contribution in [1.29, 1.82) is 0 Å². The zero-order valence-corrected chi connectivity index (χ0v) is 8.21. The zero-order chi connectivity index (χ0) is 11.5. The summed E-state index contributed by atoms with van der Waals surface area (Å²) in [6, 6.07) is 3.28. The molecule has 0 bridgehead atoms. The highest BCUT2D eigenvalue weighted by Gasteiger charge is 2.02. The highest BCUT2D eigenvalue weighted by Crippen LogP contribution is 2.15. The Labute approximate surface area is 90.6 Å². The number of pyridine rings is 2. The molecule has 0 aliphatic carbocycles. The van der Waals surface area contributed by atoms with Crippen molar-refractivity contribution < 1.29 is 15.0 Å². The van der Waals surface area contributed by atoms with E-state index in [1.807, 2.05) is 0 Å². The number of nitrogens with one attached hydrogen (secondary N) is 1. The molecule has 0 spiro atoms. The van der Waals surface area contributed by atoms with Crippen LogP contribution in [-0.4, -0.2) is 26.3 Å². The largest absolute Gasteiger partial charge is 0.465 e. The molecule has 0 saturated heterocycles. The van der Waals surface area contributed by atoms with Crippen LogP contribution in [0.5, 0.6) is 0 Å². The van der Waals surface area contributed by atoms with Crippen LogP contribution in [0.25, 0.3) is 11.0 Å². The molecule has 0 aliphatic rings. The molecule has 0 atom stereocenters. The van der Waals surface area contributed by atoms with Crippen molar-refractivity contribution in [3.8, 4) is 0 Å². The number of aliphatic hydroxyl groups excluding tert-OH is 1. The lowest BCUT2D eigenvalue weighted by atomic mass is 10.2. The van der Waals surface area contributed by atoms with Gasteiger partial charge >= 0.3 is 6.09 Å². The average molecular weight is 219 g/mol. The van der Waals surface area contributed by atoms with E-state index >= 15 is 0 Å². The second-order valence-electron chi connectivity index (χ2n) is 3.19. The Hall–Kier alpha value is -2.21. The monoisotopic (exact) mass is 219 g/mol. The van der Waals surface area contributed by atoms with Crippen LogP contribution < -0.4 is 5.32 Å². The SMILES string of the molecule is O=C(O)Nc1cnc2cc(CO)cnc2c1. The number of aromatic nitrogens is 2. The number of carbonyl (C=O) groups is 1. The third kappa shape index (κ3) is 2.06. The summed E-state index contributed by atoms with van der Waals surface area (Å²) in [5.74, 6) is 0. The van der Waals surface area contributed by atoms with Gasteiger partial charge < -0.3 is 10.2 Å². The van der Waals surface area contributed by atoms with Crippen molar-refractivity contribution >= 4 is 22.8 Å². The Kier molecular flexibility index (Phi) is 2.65. The maximum atomic E-state index is 10.4. The number of anilines is 1. The lowest BCUT2D eigenvalue weighted by Gasteiger charge is -2.03. The summed E-state index contributed by atoms with van der Waals surface area (Å²) in [6.07, 6.45) is 1.78. The summed E-state index contributed by atoms with van der Waals surface area (Å²) >= 11 is 0. The quantitative estimate of drug-likeness (QED) is 0.705. The second kappa shape index (κ2) is 4.11. The van der Waals surface area contributed by atoms with Gasteiger partial charge in [-0.15, -0.1) is 0 Å². The lowest BCUT2D eigenvalue weighted by molar-refractivity contribution is 0.209. The average Bonchev–Trinajstić information content (AvgIpc) is 2.27. The number of rotatable bonds is 2. The maximum Gasteiger partial charge on any atom is 0.409 e. The van der Waals surface area contributed by atoms with Gasteiger partial charge in [-0.05, 0) is 17.7 Å². The first-order valence-electron chi connectivity index (χ1n) is 4.54. The van der Waals surface area contributed by atoms with Gasteiger partial charge in [0.2, 0.25) is 0 Å². The van der Waals surface area contributed by atoms with Crippen molar-refractivity contribution in [2.45, 2.75) is 6.61 Å². The van der Waals surface area contributed by atoms with Crippen LogP contribution in [0.15, 0.2) is 24.5 Å². The van der Waals surface area contributed by atoms with Crippen LogP contribution in [0.4, 0.5) is 10.5 Å². The van der Waals surface area contributed by atoms with Crippen LogP contribution >= 0.6 is 0 Å². The number of fused-ring (bicyclic) bond motifs is 1. The molecule has 1 amide bonds. The topological polar surface area (TPSA) is 95.3 Å². The highest BCUT2D eigenvalue weighted by molar-refractivity contribution is 5.86. The first-order valence-corrected chi connectivity index (χ1v) is 4.54. The number of hydrogen-bond donors (Lipinski definition) is 3. The van der Waals surface area contributed by atoms with Crippen molar-refractivity contribution in [3.63, 3.8) is 0 Å². The molecule has 3 N–H and O–H groups in total. The number of carboxylic acid groups (broad SMARTS) is 1. The highest BCUT2D eigenvalue weighted by atomic mass is 16.4. The van der Waals surface area contributed by atoms with E-state index in [4.69, 9.17) is 10.2 Å². The first kappa shape index (κ1) is 10.3. The number of amides is 1. The lowest BCUT2D eigenvalue weighted by Crippen LogP contribution is -2.07. The van der Waals surface area contributed by atoms with Gasteiger partial charge in [0.15, 0.2) is 0 Å². The molecular formula is C10H9N3O3. The standard InChI is InChI=1S/C10H9N3O3/c14-5-6-1-8-9(11-3-6)2-7(4-12-8)13-10(15)16/h1-4,13-14H,5H2,(H,15,16). The summed E-state index contributed by atoms with van der Waals surface area (Å²) < 4.78 is 0. The van der Waals surface area contributed by atoms with E-state index in [0.717, 1.165) is 0 Å². The van der Waals surface area contributed by atoms with E-state index in [0.29, 0.717) is 22.3 Å². The molecule has 0 saturated carbocycles. The molecule has 0 aromatic carbocycles. The smallest absolute Gasteiger partial charge is 0.409 e. The van der Waals surface area contributed by atoms with Gasteiger partial charge in [0.25, 0.3) is 0 Å². The summed E-state index contributed by atoms with van der Waals surface area (Å²) in [4.78, 5) is 18.5. The Balaban J connectivity index is 2.43. The Bertz CT molecular complexity index is 542. The summed E-state index contributed by atoms with van der Waals surface area (Å²) in [6.45, 7) is -0.0975. The minimum absolute atomic E-state index is 0.0975. The van der Waals surface area contributed by atoms with E-state index in [2.05, 4.69) is 15.3 Å². The maximum absolute atomic E-state index is 10.4. The molecule has 2 aromatic rings. The predicted octanol–water partition coefficient (Wildman–Crippen LogP) is 1.21. The molecule has 2 aromatic heterocycles. The number of aliphatic hydroxyl groups is 1. The van der Waals surface area contributed by atoms with Crippen LogP contribution in [0.1, 0.15) is 5.56 Å². The first-order chi connectivity index (χ1) is 7.69. The molecule has 0 unspecified atom stereocenters. The molecule has 2 rings (SSSR count). The predicted molar refractivity (Wildman–Crippen MR) is 57.1 cm³/mol. The minimum atomic E-state index is -1.15. The fourth-order valence-electron chi connectivity index (χ4n) is 1.32.